The van der Waals surface area contributed by atoms with E-state index in [0.29, 0.717) is 0 Å². The first-order valence-corrected chi connectivity index (χ1v) is 4.16. The summed E-state index contributed by atoms with van der Waals surface area (Å²) in [4.78, 5) is 0. The third-order valence-electron chi connectivity index (χ3n) is 1.78. The molecule has 4 nitrogen and oxygen atoms in total. The summed E-state index contributed by atoms with van der Waals surface area (Å²) in [6, 6.07) is -0.112. The maximum Gasteiger partial charge on any atom is 0.156 e. The van der Waals surface area contributed by atoms with Gasteiger partial charge in [-0.3, -0.25) is 0 Å². The summed E-state index contributed by atoms with van der Waals surface area (Å²) in [5.74, 6) is 0. The fraction of sp³-hybridized carbons (Fsp3) is 1.00. The quantitative estimate of drug-likeness (QED) is 0.541. The standard InChI is InChI=1S/C8H19NO3/c1-11-8(12-2)5-3-4-7(9)6-10/h7-8,10H,3-6,9H2,1-2H3/t7-/m1/s1. The smallest absolute Gasteiger partial charge is 0.156 e. The van der Waals surface area contributed by atoms with Crippen LogP contribution >= 0.6 is 0 Å². The molecule has 0 saturated carbocycles. The van der Waals surface area contributed by atoms with Crippen LogP contribution in [0.2, 0.25) is 0 Å². The predicted molar refractivity (Wildman–Crippen MR) is 46.7 cm³/mol. The molecular formula is C8H19NO3. The largest absolute Gasteiger partial charge is 0.395 e. The maximum absolute atomic E-state index is 8.63. The van der Waals surface area contributed by atoms with Crippen molar-refractivity contribution in [2.75, 3.05) is 20.8 Å². The first kappa shape index (κ1) is 11.8. The van der Waals surface area contributed by atoms with Crippen LogP contribution in [-0.2, 0) is 9.47 Å². The molecule has 0 aliphatic rings. The Bertz CT molecular complexity index is 96.3. The summed E-state index contributed by atoms with van der Waals surface area (Å²) in [5, 5.41) is 8.63. The number of rotatable bonds is 7. The molecule has 0 aliphatic carbocycles. The van der Waals surface area contributed by atoms with E-state index in [1.807, 2.05) is 0 Å². The lowest BCUT2D eigenvalue weighted by Crippen LogP contribution is -2.24. The number of hydrogen-bond donors (Lipinski definition) is 2. The van der Waals surface area contributed by atoms with Crippen molar-refractivity contribution in [3.63, 3.8) is 0 Å². The molecule has 0 aromatic heterocycles. The highest BCUT2D eigenvalue weighted by Crippen LogP contribution is 2.05. The van der Waals surface area contributed by atoms with Crippen molar-refractivity contribution >= 4 is 0 Å². The topological polar surface area (TPSA) is 64.7 Å². The lowest BCUT2D eigenvalue weighted by Gasteiger charge is -2.14. The molecule has 0 amide bonds. The number of aliphatic hydroxyl groups excluding tert-OH is 1. The van der Waals surface area contributed by atoms with E-state index >= 15 is 0 Å². The molecule has 0 fully saturated rings. The average molecular weight is 177 g/mol. The summed E-state index contributed by atoms with van der Waals surface area (Å²) in [6.07, 6.45) is 2.39. The van der Waals surface area contributed by atoms with Gasteiger partial charge in [-0.05, 0) is 19.3 Å². The third kappa shape index (κ3) is 5.49. The molecule has 0 aromatic rings. The average Bonchev–Trinajstić information content (AvgIpc) is 2.12. The van der Waals surface area contributed by atoms with Gasteiger partial charge in [-0.1, -0.05) is 0 Å². The summed E-state index contributed by atoms with van der Waals surface area (Å²) in [7, 11) is 3.22. The van der Waals surface area contributed by atoms with Crippen LogP contribution in [0.25, 0.3) is 0 Å². The van der Waals surface area contributed by atoms with E-state index < -0.39 is 0 Å². The Hall–Kier alpha value is -0.160. The van der Waals surface area contributed by atoms with Gasteiger partial charge in [0.15, 0.2) is 6.29 Å². The molecule has 1 atom stereocenters. The van der Waals surface area contributed by atoms with Gasteiger partial charge >= 0.3 is 0 Å². The van der Waals surface area contributed by atoms with Crippen molar-refractivity contribution in [1.82, 2.24) is 0 Å². The SMILES string of the molecule is COC(CCC[C@@H](N)CO)OC. The first-order valence-electron chi connectivity index (χ1n) is 4.16. The van der Waals surface area contributed by atoms with Gasteiger partial charge in [0.2, 0.25) is 0 Å². The highest BCUT2D eigenvalue weighted by molar-refractivity contribution is 4.59. The van der Waals surface area contributed by atoms with E-state index in [-0.39, 0.29) is 18.9 Å². The van der Waals surface area contributed by atoms with Crippen molar-refractivity contribution in [2.24, 2.45) is 5.73 Å². The number of methoxy groups -OCH3 is 2. The van der Waals surface area contributed by atoms with Gasteiger partial charge in [-0.15, -0.1) is 0 Å². The number of aliphatic hydroxyl groups is 1. The Morgan fingerprint density at radius 1 is 1.25 bits per heavy atom. The Morgan fingerprint density at radius 3 is 2.25 bits per heavy atom. The van der Waals surface area contributed by atoms with Gasteiger partial charge in [-0.25, -0.2) is 0 Å². The van der Waals surface area contributed by atoms with E-state index in [1.54, 1.807) is 14.2 Å². The lowest BCUT2D eigenvalue weighted by molar-refractivity contribution is -0.107. The minimum absolute atomic E-state index is 0.0463. The van der Waals surface area contributed by atoms with Crippen LogP contribution in [0, 0.1) is 0 Å². The molecule has 12 heavy (non-hydrogen) atoms. The Labute approximate surface area is 73.7 Å². The second-order valence-corrected chi connectivity index (χ2v) is 2.77. The highest BCUT2D eigenvalue weighted by Gasteiger charge is 2.06. The molecule has 0 bridgehead atoms. The second-order valence-electron chi connectivity index (χ2n) is 2.77. The Morgan fingerprint density at radius 2 is 1.83 bits per heavy atom. The predicted octanol–water partition coefficient (Wildman–Crippen LogP) is 0.0952. The van der Waals surface area contributed by atoms with E-state index in [2.05, 4.69) is 0 Å². The third-order valence-corrected chi connectivity index (χ3v) is 1.78. The van der Waals surface area contributed by atoms with Crippen molar-refractivity contribution in [2.45, 2.75) is 31.6 Å². The van der Waals surface area contributed by atoms with Crippen LogP contribution in [0.15, 0.2) is 0 Å². The summed E-state index contributed by atoms with van der Waals surface area (Å²) >= 11 is 0. The van der Waals surface area contributed by atoms with Crippen LogP contribution in [0.1, 0.15) is 19.3 Å². The Kier molecular flexibility index (Phi) is 7.39. The zero-order valence-corrected chi connectivity index (χ0v) is 7.82. The van der Waals surface area contributed by atoms with Gasteiger partial charge < -0.3 is 20.3 Å². The molecule has 0 heterocycles. The van der Waals surface area contributed by atoms with Crippen molar-refractivity contribution in [3.05, 3.63) is 0 Å². The summed E-state index contributed by atoms with van der Waals surface area (Å²) in [6.45, 7) is 0.0463. The van der Waals surface area contributed by atoms with Crippen LogP contribution in [0.3, 0.4) is 0 Å². The number of ether oxygens (including phenoxy) is 2. The lowest BCUT2D eigenvalue weighted by atomic mass is 10.1. The minimum atomic E-state index is -0.143. The Balaban J connectivity index is 3.28. The van der Waals surface area contributed by atoms with Crippen LogP contribution in [0.5, 0.6) is 0 Å². The normalized spacial score (nSPS) is 13.8. The minimum Gasteiger partial charge on any atom is -0.395 e. The molecule has 0 saturated heterocycles. The molecule has 0 rings (SSSR count). The molecule has 0 spiro atoms. The second kappa shape index (κ2) is 7.49. The van der Waals surface area contributed by atoms with Gasteiger partial charge in [0.1, 0.15) is 0 Å². The molecular weight excluding hydrogens is 158 g/mol. The number of hydrogen-bond acceptors (Lipinski definition) is 4. The number of nitrogens with two attached hydrogens (primary N) is 1. The first-order chi connectivity index (χ1) is 5.74. The van der Waals surface area contributed by atoms with Crippen LogP contribution in [0.4, 0.5) is 0 Å². The zero-order valence-electron chi connectivity index (χ0n) is 7.82. The van der Waals surface area contributed by atoms with Crippen LogP contribution in [-0.4, -0.2) is 38.3 Å². The van der Waals surface area contributed by atoms with Gasteiger partial charge in [0, 0.05) is 20.3 Å². The molecule has 74 valence electrons. The maximum atomic E-state index is 8.63. The van der Waals surface area contributed by atoms with Crippen molar-refractivity contribution in [3.8, 4) is 0 Å². The monoisotopic (exact) mass is 177 g/mol. The van der Waals surface area contributed by atoms with Gasteiger partial charge in [-0.2, -0.15) is 0 Å². The van der Waals surface area contributed by atoms with Gasteiger partial charge in [0.05, 0.1) is 6.61 Å². The van der Waals surface area contributed by atoms with Crippen molar-refractivity contribution in [1.29, 1.82) is 0 Å². The van der Waals surface area contributed by atoms with E-state index in [1.165, 1.54) is 0 Å². The van der Waals surface area contributed by atoms with Crippen molar-refractivity contribution < 1.29 is 14.6 Å². The zero-order chi connectivity index (χ0) is 9.40. The van der Waals surface area contributed by atoms with E-state index in [0.717, 1.165) is 19.3 Å². The van der Waals surface area contributed by atoms with Crippen LogP contribution < -0.4 is 5.73 Å². The van der Waals surface area contributed by atoms with Gasteiger partial charge in [0.25, 0.3) is 0 Å². The fourth-order valence-electron chi connectivity index (χ4n) is 0.970. The summed E-state index contributed by atoms with van der Waals surface area (Å²) < 4.78 is 9.98. The van der Waals surface area contributed by atoms with E-state index in [4.69, 9.17) is 20.3 Å². The molecule has 0 aliphatic heterocycles. The summed E-state index contributed by atoms with van der Waals surface area (Å²) in [5.41, 5.74) is 5.51. The molecule has 0 unspecified atom stereocenters. The highest BCUT2D eigenvalue weighted by atomic mass is 16.7. The molecule has 4 heteroatoms. The molecule has 0 radical (unpaired) electrons. The van der Waals surface area contributed by atoms with E-state index in [9.17, 15) is 0 Å². The fourth-order valence-corrected chi connectivity index (χ4v) is 0.970. The molecule has 3 N–H and O–H groups in total. The molecule has 0 aromatic carbocycles.